The maximum Gasteiger partial charge on any atom is 0.271 e. The van der Waals surface area contributed by atoms with Gasteiger partial charge in [-0.2, -0.15) is 0 Å². The van der Waals surface area contributed by atoms with E-state index in [2.05, 4.69) is 5.32 Å². The molecule has 1 fully saturated rings. The Hall–Kier alpha value is -3.00. The summed E-state index contributed by atoms with van der Waals surface area (Å²) in [6.45, 7) is 2.62. The maximum absolute atomic E-state index is 14.0. The zero-order chi connectivity index (χ0) is 24.6. The SMILES string of the molecule is COc1ccc(OC)c2c1cc1n2CC(C)(C(=O)NC2CCCCCC2)N(Cc2cccs2)C1=O. The molecule has 0 spiro atoms. The number of methoxy groups -OCH3 is 2. The Morgan fingerprint density at radius 3 is 2.49 bits per heavy atom. The Kier molecular flexibility index (Phi) is 6.49. The van der Waals surface area contributed by atoms with Crippen molar-refractivity contribution >= 4 is 34.1 Å². The molecule has 1 unspecified atom stereocenters. The number of hydrogen-bond acceptors (Lipinski definition) is 5. The minimum atomic E-state index is -1.06. The second-order valence-electron chi connectivity index (χ2n) is 9.75. The van der Waals surface area contributed by atoms with E-state index in [0.29, 0.717) is 30.3 Å². The highest BCUT2D eigenvalue weighted by Crippen LogP contribution is 2.40. The summed E-state index contributed by atoms with van der Waals surface area (Å²) in [6.07, 6.45) is 6.67. The normalized spacial score (nSPS) is 21.0. The van der Waals surface area contributed by atoms with Gasteiger partial charge >= 0.3 is 0 Å². The third kappa shape index (κ3) is 4.18. The first-order valence-corrected chi connectivity index (χ1v) is 13.2. The fraction of sp³-hybridized carbons (Fsp3) is 0.481. The quantitative estimate of drug-likeness (QED) is 0.490. The Bertz CT molecular complexity index is 1230. The Morgan fingerprint density at radius 1 is 1.11 bits per heavy atom. The summed E-state index contributed by atoms with van der Waals surface area (Å²) >= 11 is 1.60. The molecule has 186 valence electrons. The molecule has 1 atom stereocenters. The molecule has 7 nitrogen and oxygen atoms in total. The van der Waals surface area contributed by atoms with Crippen LogP contribution in [0.5, 0.6) is 11.5 Å². The molecule has 0 radical (unpaired) electrons. The minimum Gasteiger partial charge on any atom is -0.496 e. The summed E-state index contributed by atoms with van der Waals surface area (Å²) in [4.78, 5) is 30.8. The van der Waals surface area contributed by atoms with Crippen molar-refractivity contribution in [1.29, 1.82) is 0 Å². The first-order chi connectivity index (χ1) is 17.0. The molecule has 3 aromatic rings. The molecule has 2 amide bonds. The fourth-order valence-corrected chi connectivity index (χ4v) is 6.22. The second-order valence-corrected chi connectivity index (χ2v) is 10.8. The van der Waals surface area contributed by atoms with Crippen molar-refractivity contribution in [3.8, 4) is 11.5 Å². The number of hydrogen-bond donors (Lipinski definition) is 1. The minimum absolute atomic E-state index is 0.0938. The highest BCUT2D eigenvalue weighted by atomic mass is 32.1. The molecule has 1 N–H and O–H groups in total. The van der Waals surface area contributed by atoms with Gasteiger partial charge in [0.2, 0.25) is 5.91 Å². The van der Waals surface area contributed by atoms with Gasteiger partial charge in [0.25, 0.3) is 5.91 Å². The van der Waals surface area contributed by atoms with Crippen LogP contribution in [-0.4, -0.2) is 47.1 Å². The number of thiophene rings is 1. The van der Waals surface area contributed by atoms with Crippen molar-refractivity contribution in [2.24, 2.45) is 0 Å². The van der Waals surface area contributed by atoms with E-state index in [1.54, 1.807) is 30.5 Å². The largest absolute Gasteiger partial charge is 0.496 e. The third-order valence-corrected chi connectivity index (χ3v) is 8.38. The number of nitrogens with zero attached hydrogens (tertiary/aromatic N) is 2. The number of nitrogens with one attached hydrogen (secondary N) is 1. The Balaban J connectivity index is 1.60. The third-order valence-electron chi connectivity index (χ3n) is 7.52. The molecule has 2 aromatic heterocycles. The van der Waals surface area contributed by atoms with Gasteiger partial charge in [-0.15, -0.1) is 11.3 Å². The van der Waals surface area contributed by atoms with Crippen LogP contribution in [0.3, 0.4) is 0 Å². The van der Waals surface area contributed by atoms with Gasteiger partial charge in [0.05, 0.1) is 32.8 Å². The average molecular weight is 496 g/mol. The lowest BCUT2D eigenvalue weighted by atomic mass is 9.93. The molecule has 35 heavy (non-hydrogen) atoms. The number of carbonyl (C=O) groups is 2. The number of rotatable bonds is 6. The summed E-state index contributed by atoms with van der Waals surface area (Å²) in [5, 5.41) is 6.13. The van der Waals surface area contributed by atoms with Crippen LogP contribution in [0.2, 0.25) is 0 Å². The van der Waals surface area contributed by atoms with Crippen LogP contribution in [0.15, 0.2) is 35.7 Å². The van der Waals surface area contributed by atoms with Gasteiger partial charge in [0.15, 0.2) is 0 Å². The predicted octanol–water partition coefficient (Wildman–Crippen LogP) is 4.97. The zero-order valence-corrected chi connectivity index (χ0v) is 21.5. The number of ether oxygens (including phenoxy) is 2. The first kappa shape index (κ1) is 23.7. The average Bonchev–Trinajstić information content (AvgIpc) is 3.43. The van der Waals surface area contributed by atoms with Crippen molar-refractivity contribution in [3.63, 3.8) is 0 Å². The summed E-state index contributed by atoms with van der Waals surface area (Å²) in [7, 11) is 3.24. The van der Waals surface area contributed by atoms with E-state index in [1.807, 2.05) is 47.2 Å². The second kappa shape index (κ2) is 9.57. The van der Waals surface area contributed by atoms with Crippen molar-refractivity contribution in [1.82, 2.24) is 14.8 Å². The van der Waals surface area contributed by atoms with Crippen molar-refractivity contribution < 1.29 is 19.1 Å². The summed E-state index contributed by atoms with van der Waals surface area (Å²) in [6, 6.07) is 9.70. The Labute approximate surface area is 210 Å². The lowest BCUT2D eigenvalue weighted by Crippen LogP contribution is -2.64. The predicted molar refractivity (Wildman–Crippen MR) is 137 cm³/mol. The van der Waals surface area contributed by atoms with E-state index >= 15 is 0 Å². The number of fused-ring (bicyclic) bond motifs is 3. The van der Waals surface area contributed by atoms with E-state index in [9.17, 15) is 9.59 Å². The summed E-state index contributed by atoms with van der Waals surface area (Å²) in [5.74, 6) is 1.06. The van der Waals surface area contributed by atoms with Gasteiger partial charge in [0, 0.05) is 16.3 Å². The highest BCUT2D eigenvalue weighted by molar-refractivity contribution is 7.09. The van der Waals surface area contributed by atoms with Crippen LogP contribution in [0.25, 0.3) is 10.9 Å². The topological polar surface area (TPSA) is 72.8 Å². The molecule has 2 aliphatic rings. The molecule has 1 aliphatic heterocycles. The monoisotopic (exact) mass is 495 g/mol. The van der Waals surface area contributed by atoms with Gasteiger partial charge < -0.3 is 24.3 Å². The van der Waals surface area contributed by atoms with Gasteiger partial charge in [-0.1, -0.05) is 31.7 Å². The van der Waals surface area contributed by atoms with E-state index in [1.165, 1.54) is 12.8 Å². The highest BCUT2D eigenvalue weighted by Gasteiger charge is 2.48. The van der Waals surface area contributed by atoms with Crippen LogP contribution in [0.1, 0.15) is 60.8 Å². The van der Waals surface area contributed by atoms with E-state index in [0.717, 1.165) is 41.5 Å². The number of aromatic nitrogens is 1. The smallest absolute Gasteiger partial charge is 0.271 e. The fourth-order valence-electron chi connectivity index (χ4n) is 5.53. The molecular formula is C27H33N3O4S. The number of benzene rings is 1. The van der Waals surface area contributed by atoms with E-state index in [-0.39, 0.29) is 17.9 Å². The Morgan fingerprint density at radius 2 is 1.83 bits per heavy atom. The van der Waals surface area contributed by atoms with Crippen LogP contribution < -0.4 is 14.8 Å². The summed E-state index contributed by atoms with van der Waals surface area (Å²) in [5.41, 5.74) is 0.263. The number of amides is 2. The molecular weight excluding hydrogens is 462 g/mol. The lowest BCUT2D eigenvalue weighted by molar-refractivity contribution is -0.134. The van der Waals surface area contributed by atoms with Crippen LogP contribution in [-0.2, 0) is 17.9 Å². The van der Waals surface area contributed by atoms with E-state index < -0.39 is 5.54 Å². The molecule has 1 saturated carbocycles. The van der Waals surface area contributed by atoms with Crippen molar-refractivity contribution in [2.75, 3.05) is 14.2 Å². The van der Waals surface area contributed by atoms with Gasteiger partial charge in [-0.25, -0.2) is 0 Å². The van der Waals surface area contributed by atoms with Crippen LogP contribution in [0, 0.1) is 0 Å². The zero-order valence-electron chi connectivity index (χ0n) is 20.6. The molecule has 0 bridgehead atoms. The van der Waals surface area contributed by atoms with Crippen LogP contribution >= 0.6 is 11.3 Å². The van der Waals surface area contributed by atoms with Gasteiger partial charge in [-0.3, -0.25) is 9.59 Å². The van der Waals surface area contributed by atoms with Crippen molar-refractivity contribution in [2.45, 2.75) is 70.1 Å². The van der Waals surface area contributed by atoms with Crippen molar-refractivity contribution in [3.05, 3.63) is 46.3 Å². The molecule has 3 heterocycles. The lowest BCUT2D eigenvalue weighted by Gasteiger charge is -2.44. The first-order valence-electron chi connectivity index (χ1n) is 12.4. The van der Waals surface area contributed by atoms with Crippen LogP contribution in [0.4, 0.5) is 0 Å². The standard InChI is InChI=1S/C27H33N3O4S/c1-27(26(32)28-18-9-6-4-5-7-10-18)17-29-21(25(31)30(27)16-19-11-8-14-35-19)15-20-22(33-2)12-13-23(34-3)24(20)29/h8,11-15,18H,4-7,9-10,16-17H2,1-3H3,(H,28,32). The molecule has 8 heteroatoms. The maximum atomic E-state index is 14.0. The summed E-state index contributed by atoms with van der Waals surface area (Å²) < 4.78 is 13.2. The molecule has 5 rings (SSSR count). The van der Waals surface area contributed by atoms with Gasteiger partial charge in [-0.05, 0) is 49.4 Å². The number of carbonyl (C=O) groups excluding carboxylic acids is 2. The molecule has 1 aromatic carbocycles. The molecule has 0 saturated heterocycles. The van der Waals surface area contributed by atoms with E-state index in [4.69, 9.17) is 9.47 Å². The van der Waals surface area contributed by atoms with Gasteiger partial charge in [0.1, 0.15) is 22.7 Å². The molecule has 1 aliphatic carbocycles.